The van der Waals surface area contributed by atoms with E-state index in [9.17, 15) is 22.6 Å². The topological polar surface area (TPSA) is 122 Å². The molecule has 138 valence electrons. The molecule has 10 heteroatoms. The summed E-state index contributed by atoms with van der Waals surface area (Å²) in [7, 11) is -4.76. The predicted octanol–water partition coefficient (Wildman–Crippen LogP) is 0.972. The monoisotopic (exact) mass is 372 g/mol. The lowest BCUT2D eigenvalue weighted by Crippen LogP contribution is -2.73. The standard InChI is InChI=1S/C15H20N2O7S/c1-15(2,3)24-14(19)16-12-11(17(13(12)18)25(20,21)22)9-23-10-7-5-4-6-8-10/h4-8,11-12H,9H2,1-3H3,(H,16,19)(H,20,21,22)/t11-,12+/m0/s1. The first-order valence-electron chi connectivity index (χ1n) is 7.47. The van der Waals surface area contributed by atoms with Crippen molar-refractivity contribution in [2.24, 2.45) is 0 Å². The lowest BCUT2D eigenvalue weighted by molar-refractivity contribution is -0.143. The van der Waals surface area contributed by atoms with E-state index < -0.39 is 40.0 Å². The molecule has 1 aliphatic heterocycles. The highest BCUT2D eigenvalue weighted by Crippen LogP contribution is 2.25. The predicted molar refractivity (Wildman–Crippen MR) is 87.3 cm³/mol. The largest absolute Gasteiger partial charge is 0.491 e. The minimum absolute atomic E-state index is 0.240. The van der Waals surface area contributed by atoms with Gasteiger partial charge in [-0.3, -0.25) is 9.35 Å². The number of hydrogen-bond acceptors (Lipinski definition) is 6. The van der Waals surface area contributed by atoms with Gasteiger partial charge in [-0.1, -0.05) is 18.2 Å². The summed E-state index contributed by atoms with van der Waals surface area (Å²) < 4.78 is 42.7. The molecule has 9 nitrogen and oxygen atoms in total. The fraction of sp³-hybridized carbons (Fsp3) is 0.467. The van der Waals surface area contributed by atoms with E-state index in [1.807, 2.05) is 0 Å². The first kappa shape index (κ1) is 19.0. The maximum atomic E-state index is 12.0. The van der Waals surface area contributed by atoms with Gasteiger partial charge in [0.05, 0.1) is 0 Å². The molecule has 0 saturated carbocycles. The van der Waals surface area contributed by atoms with Gasteiger partial charge in [0.15, 0.2) is 0 Å². The van der Waals surface area contributed by atoms with Gasteiger partial charge in [0.2, 0.25) is 0 Å². The number of carbonyl (C=O) groups excluding carboxylic acids is 2. The van der Waals surface area contributed by atoms with Gasteiger partial charge in [0, 0.05) is 0 Å². The molecule has 2 rings (SSSR count). The number of benzene rings is 1. The Morgan fingerprint density at radius 2 is 1.88 bits per heavy atom. The number of hydrogen-bond donors (Lipinski definition) is 2. The van der Waals surface area contributed by atoms with Crippen LogP contribution in [-0.4, -0.2) is 53.6 Å². The third-order valence-corrected chi connectivity index (χ3v) is 4.20. The average molecular weight is 372 g/mol. The summed E-state index contributed by atoms with van der Waals surface area (Å²) in [5, 5.41) is 2.30. The smallest absolute Gasteiger partial charge is 0.408 e. The van der Waals surface area contributed by atoms with Crippen molar-refractivity contribution in [1.82, 2.24) is 9.62 Å². The minimum Gasteiger partial charge on any atom is -0.491 e. The van der Waals surface area contributed by atoms with Crippen LogP contribution in [-0.2, 0) is 19.8 Å². The number of para-hydroxylation sites is 1. The van der Waals surface area contributed by atoms with Gasteiger partial charge in [-0.2, -0.15) is 8.42 Å². The Labute approximate surface area is 145 Å². The van der Waals surface area contributed by atoms with Gasteiger partial charge in [0.1, 0.15) is 30.0 Å². The highest BCUT2D eigenvalue weighted by molar-refractivity contribution is 7.84. The summed E-state index contributed by atoms with van der Waals surface area (Å²) >= 11 is 0. The Balaban J connectivity index is 2.09. The molecular weight excluding hydrogens is 352 g/mol. The van der Waals surface area contributed by atoms with Crippen LogP contribution in [0.25, 0.3) is 0 Å². The lowest BCUT2D eigenvalue weighted by Gasteiger charge is -2.43. The third kappa shape index (κ3) is 4.83. The fourth-order valence-corrected chi connectivity index (χ4v) is 3.12. The fourth-order valence-electron chi connectivity index (χ4n) is 2.26. The summed E-state index contributed by atoms with van der Waals surface area (Å²) in [6.07, 6.45) is -0.870. The SMILES string of the molecule is CC(C)(C)OC(=O)N[C@H]1C(=O)N(S(=O)(=O)O)[C@H]1COc1ccccc1. The van der Waals surface area contributed by atoms with Crippen LogP contribution < -0.4 is 10.1 Å². The van der Waals surface area contributed by atoms with Crippen molar-refractivity contribution < 1.29 is 32.0 Å². The molecule has 0 unspecified atom stereocenters. The Bertz CT molecular complexity index is 743. The molecule has 0 spiro atoms. The molecule has 1 aromatic rings. The van der Waals surface area contributed by atoms with E-state index >= 15 is 0 Å². The zero-order valence-electron chi connectivity index (χ0n) is 14.0. The average Bonchev–Trinajstić information content (AvgIpc) is 2.46. The van der Waals surface area contributed by atoms with E-state index in [-0.39, 0.29) is 10.9 Å². The number of rotatable bonds is 5. The number of ether oxygens (including phenoxy) is 2. The molecule has 2 amide bonds. The van der Waals surface area contributed by atoms with Crippen molar-refractivity contribution in [3.63, 3.8) is 0 Å². The summed E-state index contributed by atoms with van der Waals surface area (Å²) in [4.78, 5) is 23.8. The maximum Gasteiger partial charge on any atom is 0.408 e. The molecule has 2 N–H and O–H groups in total. The Hall–Kier alpha value is -2.33. The van der Waals surface area contributed by atoms with Crippen LogP contribution in [0.15, 0.2) is 30.3 Å². The van der Waals surface area contributed by atoms with Crippen LogP contribution in [0.3, 0.4) is 0 Å². The second-order valence-corrected chi connectivity index (χ2v) is 7.72. The summed E-state index contributed by atoms with van der Waals surface area (Å²) in [6.45, 7) is 4.71. The molecule has 1 aromatic carbocycles. The normalized spacial score (nSPS) is 20.6. The van der Waals surface area contributed by atoms with E-state index in [4.69, 9.17) is 9.47 Å². The zero-order chi connectivity index (χ0) is 18.8. The lowest BCUT2D eigenvalue weighted by atomic mass is 10.00. The van der Waals surface area contributed by atoms with Crippen molar-refractivity contribution in [2.75, 3.05) is 6.61 Å². The molecule has 1 fully saturated rings. The van der Waals surface area contributed by atoms with Crippen LogP contribution in [0.2, 0.25) is 0 Å². The van der Waals surface area contributed by atoms with E-state index in [1.165, 1.54) is 0 Å². The number of amides is 2. The second-order valence-electron chi connectivity index (χ2n) is 6.43. The molecule has 1 saturated heterocycles. The molecule has 2 atom stereocenters. The Morgan fingerprint density at radius 3 is 2.40 bits per heavy atom. The number of alkyl carbamates (subject to hydrolysis) is 1. The summed E-state index contributed by atoms with van der Waals surface area (Å²) in [5.41, 5.74) is -0.782. The number of carbonyl (C=O) groups is 2. The van der Waals surface area contributed by atoms with Crippen molar-refractivity contribution in [2.45, 2.75) is 38.5 Å². The third-order valence-electron chi connectivity index (χ3n) is 3.25. The second kappa shape index (κ2) is 6.89. The molecule has 0 aromatic heterocycles. The van der Waals surface area contributed by atoms with Gasteiger partial charge >= 0.3 is 16.4 Å². The van der Waals surface area contributed by atoms with Gasteiger partial charge in [-0.15, -0.1) is 0 Å². The molecule has 0 radical (unpaired) electrons. The molecule has 1 heterocycles. The quantitative estimate of drug-likeness (QED) is 0.583. The maximum absolute atomic E-state index is 12.0. The zero-order valence-corrected chi connectivity index (χ0v) is 14.8. The number of nitrogens with zero attached hydrogens (tertiary/aromatic N) is 1. The highest BCUT2D eigenvalue weighted by Gasteiger charge is 2.54. The first-order chi connectivity index (χ1) is 11.5. The van der Waals surface area contributed by atoms with Crippen LogP contribution in [0, 0.1) is 0 Å². The summed E-state index contributed by atoms with van der Waals surface area (Å²) in [6, 6.07) is 6.24. The van der Waals surface area contributed by atoms with Crippen molar-refractivity contribution >= 4 is 22.3 Å². The van der Waals surface area contributed by atoms with Crippen LogP contribution >= 0.6 is 0 Å². The summed E-state index contributed by atoms with van der Waals surface area (Å²) in [5.74, 6) is -0.511. The minimum atomic E-state index is -4.76. The van der Waals surface area contributed by atoms with Crippen LogP contribution in [0.1, 0.15) is 20.8 Å². The van der Waals surface area contributed by atoms with Crippen molar-refractivity contribution in [3.05, 3.63) is 30.3 Å². The van der Waals surface area contributed by atoms with E-state index in [0.717, 1.165) is 0 Å². The van der Waals surface area contributed by atoms with Gasteiger partial charge in [-0.05, 0) is 32.9 Å². The van der Waals surface area contributed by atoms with E-state index in [2.05, 4.69) is 5.32 Å². The molecule has 0 aliphatic carbocycles. The first-order valence-corrected chi connectivity index (χ1v) is 8.87. The molecular formula is C15H20N2O7S. The Morgan fingerprint density at radius 1 is 1.28 bits per heavy atom. The van der Waals surface area contributed by atoms with Crippen molar-refractivity contribution in [3.8, 4) is 5.75 Å². The van der Waals surface area contributed by atoms with Gasteiger partial charge in [0.25, 0.3) is 5.91 Å². The molecule has 0 bridgehead atoms. The van der Waals surface area contributed by atoms with Gasteiger partial charge in [-0.25, -0.2) is 9.10 Å². The number of nitrogens with one attached hydrogen (secondary N) is 1. The molecule has 1 aliphatic rings. The highest BCUT2D eigenvalue weighted by atomic mass is 32.2. The molecule has 25 heavy (non-hydrogen) atoms. The van der Waals surface area contributed by atoms with E-state index in [0.29, 0.717) is 5.75 Å². The Kier molecular flexibility index (Phi) is 5.23. The van der Waals surface area contributed by atoms with Crippen LogP contribution in [0.4, 0.5) is 4.79 Å². The van der Waals surface area contributed by atoms with Crippen molar-refractivity contribution in [1.29, 1.82) is 0 Å². The van der Waals surface area contributed by atoms with E-state index in [1.54, 1.807) is 51.1 Å². The van der Waals surface area contributed by atoms with Crippen LogP contribution in [0.5, 0.6) is 5.75 Å². The number of β-lactam (4-membered cyclic amide) rings is 1. The van der Waals surface area contributed by atoms with Gasteiger partial charge < -0.3 is 14.8 Å².